The molecule has 0 aliphatic rings. The van der Waals surface area contributed by atoms with E-state index in [1.807, 2.05) is 51.3 Å². The highest BCUT2D eigenvalue weighted by Gasteiger charge is 2.20. The number of nitrogen functional groups attached to an aromatic ring is 2. The van der Waals surface area contributed by atoms with Crippen LogP contribution in [0.3, 0.4) is 0 Å². The fraction of sp³-hybridized carbons (Fsp3) is 0.0500. The molecule has 0 radical (unpaired) electrons. The summed E-state index contributed by atoms with van der Waals surface area (Å²) in [6.45, 7) is 0. The van der Waals surface area contributed by atoms with E-state index in [1.54, 1.807) is 66.7 Å². The van der Waals surface area contributed by atoms with Gasteiger partial charge in [0.05, 0.1) is 11.1 Å². The van der Waals surface area contributed by atoms with Crippen LogP contribution < -0.4 is 26.7 Å². The molecular formula is C40H28F4I2N4O3. The van der Waals surface area contributed by atoms with E-state index in [0.717, 1.165) is 25.3 Å². The van der Waals surface area contributed by atoms with Crippen molar-refractivity contribution >= 4 is 62.5 Å². The van der Waals surface area contributed by atoms with E-state index in [0.29, 0.717) is 39.6 Å². The highest BCUT2D eigenvalue weighted by atomic mass is 127. The second-order valence-electron chi connectivity index (χ2n) is 11.5. The molecule has 0 atom stereocenters. The Hall–Kier alpha value is -5.34. The van der Waals surface area contributed by atoms with E-state index >= 15 is 0 Å². The lowest BCUT2D eigenvalue weighted by molar-refractivity contribution is 0.0997. The number of primary amides is 1. The number of nitrogens with zero attached hydrogens (tertiary/aromatic N) is 1. The molecule has 0 aliphatic carbocycles. The summed E-state index contributed by atoms with van der Waals surface area (Å²) in [5.41, 5.74) is 19.3. The first-order valence-electron chi connectivity index (χ1n) is 15.6. The van der Waals surface area contributed by atoms with E-state index in [9.17, 15) is 27.6 Å². The van der Waals surface area contributed by atoms with Gasteiger partial charge in [0, 0.05) is 55.6 Å². The Bertz CT molecular complexity index is 2370. The summed E-state index contributed by atoms with van der Waals surface area (Å²) in [6.07, 6.45) is 0.0722. The number of rotatable bonds is 9. The zero-order valence-corrected chi connectivity index (χ0v) is 31.8. The summed E-state index contributed by atoms with van der Waals surface area (Å²) < 4.78 is 69.4. The Morgan fingerprint density at radius 3 is 1.57 bits per heavy atom. The molecule has 6 aromatic rings. The summed E-state index contributed by atoms with van der Waals surface area (Å²) in [6, 6.07) is 29.2. The lowest BCUT2D eigenvalue weighted by atomic mass is 9.98. The molecule has 1 amide bonds. The molecule has 0 unspecified atom stereocenters. The molecule has 0 saturated heterocycles. The van der Waals surface area contributed by atoms with Crippen LogP contribution in [0, 0.1) is 41.7 Å². The van der Waals surface area contributed by atoms with E-state index in [-0.39, 0.29) is 41.0 Å². The molecule has 13 heteroatoms. The zero-order valence-electron chi connectivity index (χ0n) is 27.5. The van der Waals surface area contributed by atoms with Crippen molar-refractivity contribution in [2.45, 2.75) is 12.8 Å². The number of halogens is 6. The van der Waals surface area contributed by atoms with Gasteiger partial charge in [0.1, 0.15) is 52.3 Å². The summed E-state index contributed by atoms with van der Waals surface area (Å²) in [5, 5.41) is 9.54. The lowest BCUT2D eigenvalue weighted by Crippen LogP contribution is -2.16. The second-order valence-corrected chi connectivity index (χ2v) is 14.0. The van der Waals surface area contributed by atoms with Crippen molar-refractivity contribution in [2.24, 2.45) is 5.73 Å². The van der Waals surface area contributed by atoms with Gasteiger partial charge < -0.3 is 26.7 Å². The van der Waals surface area contributed by atoms with Crippen LogP contribution in [0.4, 0.5) is 28.9 Å². The third-order valence-electron chi connectivity index (χ3n) is 7.62. The SMILES string of the molecule is N#Cc1c(Cc2ccc(I)cc2F)cc(F)cc1Oc1cccc(N)c1.NC(=O)c1c(Cc2ccc(I)cc2F)cc(F)cc1Oc1cccc(N)c1. The first-order valence-corrected chi connectivity index (χ1v) is 17.7. The number of anilines is 2. The normalized spacial score (nSPS) is 10.5. The minimum Gasteiger partial charge on any atom is -0.456 e. The van der Waals surface area contributed by atoms with Gasteiger partial charge in [0.25, 0.3) is 5.91 Å². The Kier molecular flexibility index (Phi) is 12.8. The number of carbonyl (C=O) groups excluding carboxylic acids is 1. The van der Waals surface area contributed by atoms with Gasteiger partial charge in [-0.3, -0.25) is 4.79 Å². The molecule has 268 valence electrons. The van der Waals surface area contributed by atoms with Crippen LogP contribution in [0.25, 0.3) is 0 Å². The Balaban J connectivity index is 0.000000204. The third-order valence-corrected chi connectivity index (χ3v) is 8.96. The number of amides is 1. The monoisotopic (exact) mass is 942 g/mol. The van der Waals surface area contributed by atoms with Crippen molar-refractivity contribution in [3.63, 3.8) is 0 Å². The molecular weight excluding hydrogens is 914 g/mol. The Morgan fingerprint density at radius 1 is 0.623 bits per heavy atom. The number of benzene rings is 6. The molecule has 53 heavy (non-hydrogen) atoms. The molecule has 0 spiro atoms. The lowest BCUT2D eigenvalue weighted by Gasteiger charge is -2.14. The summed E-state index contributed by atoms with van der Waals surface area (Å²) >= 11 is 4.00. The highest BCUT2D eigenvalue weighted by Crippen LogP contribution is 2.33. The molecule has 0 saturated carbocycles. The van der Waals surface area contributed by atoms with Gasteiger partial charge in [-0.15, -0.1) is 0 Å². The molecule has 7 nitrogen and oxygen atoms in total. The molecule has 6 aromatic carbocycles. The Labute approximate surface area is 329 Å². The highest BCUT2D eigenvalue weighted by molar-refractivity contribution is 14.1. The molecule has 6 rings (SSSR count). The summed E-state index contributed by atoms with van der Waals surface area (Å²) in [5.74, 6) is -2.09. The van der Waals surface area contributed by atoms with E-state index in [2.05, 4.69) is 0 Å². The van der Waals surface area contributed by atoms with Crippen molar-refractivity contribution in [3.05, 3.63) is 173 Å². The van der Waals surface area contributed by atoms with Gasteiger partial charge in [-0.25, -0.2) is 17.6 Å². The fourth-order valence-electron chi connectivity index (χ4n) is 5.27. The first kappa shape index (κ1) is 38.9. The number of carbonyl (C=O) groups is 1. The number of nitrogens with two attached hydrogens (primary N) is 3. The Morgan fingerprint density at radius 2 is 1.09 bits per heavy atom. The third kappa shape index (κ3) is 10.4. The van der Waals surface area contributed by atoms with Gasteiger partial charge in [-0.2, -0.15) is 5.26 Å². The van der Waals surface area contributed by atoms with Crippen molar-refractivity contribution in [1.29, 1.82) is 5.26 Å². The largest absolute Gasteiger partial charge is 0.456 e. The number of ether oxygens (including phenoxy) is 2. The van der Waals surface area contributed by atoms with Gasteiger partial charge in [-0.1, -0.05) is 24.3 Å². The first-order chi connectivity index (χ1) is 25.3. The van der Waals surface area contributed by atoms with Crippen molar-refractivity contribution in [2.75, 3.05) is 11.5 Å². The van der Waals surface area contributed by atoms with Gasteiger partial charge in [0.15, 0.2) is 0 Å². The van der Waals surface area contributed by atoms with Crippen LogP contribution in [0.15, 0.2) is 109 Å². The maximum Gasteiger partial charge on any atom is 0.252 e. The van der Waals surface area contributed by atoms with Crippen LogP contribution >= 0.6 is 45.2 Å². The maximum absolute atomic E-state index is 14.2. The zero-order chi connectivity index (χ0) is 38.2. The van der Waals surface area contributed by atoms with Crippen LogP contribution in [0.2, 0.25) is 0 Å². The molecule has 0 heterocycles. The maximum atomic E-state index is 14.2. The topological polar surface area (TPSA) is 137 Å². The predicted molar refractivity (Wildman–Crippen MR) is 212 cm³/mol. The fourth-order valence-corrected chi connectivity index (χ4v) is 6.18. The van der Waals surface area contributed by atoms with Gasteiger partial charge >= 0.3 is 0 Å². The number of nitriles is 1. The molecule has 0 aliphatic heterocycles. The van der Waals surface area contributed by atoms with Crippen molar-refractivity contribution < 1.29 is 31.8 Å². The number of hydrogen-bond donors (Lipinski definition) is 3. The molecule has 6 N–H and O–H groups in total. The van der Waals surface area contributed by atoms with Crippen LogP contribution in [0.5, 0.6) is 23.0 Å². The summed E-state index contributed by atoms with van der Waals surface area (Å²) in [4.78, 5) is 12.0. The molecule has 0 aromatic heterocycles. The minimum absolute atomic E-state index is 0.00299. The average Bonchev–Trinajstić information content (AvgIpc) is 3.07. The number of hydrogen-bond acceptors (Lipinski definition) is 6. The smallest absolute Gasteiger partial charge is 0.252 e. The minimum atomic E-state index is -0.796. The molecule has 0 fully saturated rings. The molecule has 0 bridgehead atoms. The summed E-state index contributed by atoms with van der Waals surface area (Å²) in [7, 11) is 0. The van der Waals surface area contributed by atoms with E-state index < -0.39 is 29.2 Å². The van der Waals surface area contributed by atoms with E-state index in [1.165, 1.54) is 24.3 Å². The van der Waals surface area contributed by atoms with E-state index in [4.69, 9.17) is 26.7 Å². The van der Waals surface area contributed by atoms with Crippen molar-refractivity contribution in [3.8, 4) is 29.1 Å². The quantitative estimate of drug-likeness (QED) is 0.0750. The average molecular weight is 942 g/mol. The standard InChI is InChI=1S/C20H15F2IN2O2.C20H13F2IN2O/c21-13-7-12(6-11-4-5-14(23)9-17(11)22)19(20(25)26)18(8-13)27-16-3-1-2-15(24)10-16;21-14-7-13(6-12-4-5-15(23)9-19(12)22)18(11-24)20(8-14)26-17-3-1-2-16(25)10-17/h1-5,7-10H,6,24H2,(H2,25,26);1-5,7-10H,6,25H2. The van der Waals surface area contributed by atoms with Crippen LogP contribution in [-0.2, 0) is 12.8 Å². The predicted octanol–water partition coefficient (Wildman–Crippen LogP) is 10.0. The van der Waals surface area contributed by atoms with Gasteiger partial charge in [-0.05, 0) is 128 Å². The van der Waals surface area contributed by atoms with Crippen molar-refractivity contribution in [1.82, 2.24) is 0 Å². The second kappa shape index (κ2) is 17.5. The van der Waals surface area contributed by atoms with Crippen LogP contribution in [-0.4, -0.2) is 5.91 Å². The van der Waals surface area contributed by atoms with Gasteiger partial charge in [0.2, 0.25) is 0 Å². The van der Waals surface area contributed by atoms with Crippen LogP contribution in [0.1, 0.15) is 38.2 Å².